The summed E-state index contributed by atoms with van der Waals surface area (Å²) >= 11 is 1.63. The molecular formula is C35H34Cl2N6O3S. The quantitative estimate of drug-likeness (QED) is 0.126. The summed E-state index contributed by atoms with van der Waals surface area (Å²) in [5.74, 6) is 2.46. The molecule has 1 saturated heterocycles. The number of halogens is 2. The van der Waals surface area contributed by atoms with E-state index in [1.54, 1.807) is 26.0 Å². The molecule has 4 heterocycles. The maximum atomic E-state index is 13.6. The van der Waals surface area contributed by atoms with Gasteiger partial charge in [-0.1, -0.05) is 46.9 Å². The zero-order chi connectivity index (χ0) is 31.1. The summed E-state index contributed by atoms with van der Waals surface area (Å²) in [6.45, 7) is 3.12. The molecule has 7 rings (SSSR count). The minimum absolute atomic E-state index is 0. The van der Waals surface area contributed by atoms with Gasteiger partial charge in [-0.3, -0.25) is 4.79 Å². The summed E-state index contributed by atoms with van der Waals surface area (Å²) in [5, 5.41) is 2.57. The van der Waals surface area contributed by atoms with Gasteiger partial charge in [-0.25, -0.2) is 9.55 Å². The average molecular weight is 690 g/mol. The lowest BCUT2D eigenvalue weighted by atomic mass is 10.1. The Hall–Kier alpha value is -4.51. The zero-order valence-corrected chi connectivity index (χ0v) is 28.4. The van der Waals surface area contributed by atoms with E-state index >= 15 is 0 Å². The van der Waals surface area contributed by atoms with Crippen molar-refractivity contribution in [2.75, 3.05) is 33.0 Å². The molecule has 0 saturated carbocycles. The van der Waals surface area contributed by atoms with E-state index in [2.05, 4.69) is 63.9 Å². The van der Waals surface area contributed by atoms with Crippen LogP contribution in [0.3, 0.4) is 0 Å². The standard InChI is InChI=1S/C35H32N6O3S.2ClH/c1-21-6-8-22(9-7-21)20-45-35-39-29-16-32(44-3)31(43-2)15-27(29)33(36)41(35)26-18-40(19-26)34(42)30-14-24-11-10-23(13-28(24)38-30)25-5-4-12-37-17-25;;/h4-17,26,36H,18-20H2,1-3H3,(H,38,42);2*1H. The number of likely N-dealkylation sites (tertiary alicyclic amines) is 1. The van der Waals surface area contributed by atoms with Gasteiger partial charge >= 0.3 is 0 Å². The van der Waals surface area contributed by atoms with E-state index in [9.17, 15) is 4.79 Å². The number of rotatable bonds is 8. The number of thioether (sulfide) groups is 1. The van der Waals surface area contributed by atoms with E-state index in [-0.39, 0.29) is 36.8 Å². The highest BCUT2D eigenvalue weighted by atomic mass is 35.5. The molecule has 0 radical (unpaired) electrons. The van der Waals surface area contributed by atoms with Crippen molar-refractivity contribution in [1.29, 1.82) is 0 Å². The van der Waals surface area contributed by atoms with Crippen LogP contribution in [0.4, 0.5) is 5.82 Å². The van der Waals surface area contributed by atoms with E-state index in [0.717, 1.165) is 43.8 Å². The van der Waals surface area contributed by atoms with Crippen LogP contribution in [0, 0.1) is 6.92 Å². The Labute approximate surface area is 289 Å². The summed E-state index contributed by atoms with van der Waals surface area (Å²) in [5.41, 5.74) is 13.7. The van der Waals surface area contributed by atoms with Gasteiger partial charge in [-0.2, -0.15) is 0 Å². The number of anilines is 1. The van der Waals surface area contributed by atoms with E-state index in [1.807, 2.05) is 47.6 Å². The van der Waals surface area contributed by atoms with Gasteiger partial charge in [0.2, 0.25) is 5.82 Å². The van der Waals surface area contributed by atoms with Gasteiger partial charge in [0, 0.05) is 40.4 Å². The van der Waals surface area contributed by atoms with Crippen molar-refractivity contribution in [2.45, 2.75) is 23.9 Å². The molecule has 0 spiro atoms. The molecule has 1 amide bonds. The van der Waals surface area contributed by atoms with Crippen molar-refractivity contribution in [3.05, 3.63) is 102 Å². The first-order chi connectivity index (χ1) is 21.9. The third-order valence-corrected chi connectivity index (χ3v) is 9.38. The molecule has 9 nitrogen and oxygen atoms in total. The number of hydrogen-bond acceptors (Lipinski definition) is 6. The van der Waals surface area contributed by atoms with Crippen molar-refractivity contribution in [3.63, 3.8) is 0 Å². The number of nitrogens with two attached hydrogens (primary N) is 1. The van der Waals surface area contributed by atoms with Crippen molar-refractivity contribution >= 4 is 45.3 Å². The first kappa shape index (κ1) is 33.8. The summed E-state index contributed by atoms with van der Waals surface area (Å²) < 4.78 is 13.2. The molecule has 0 aliphatic carbocycles. The number of amides is 1. The van der Waals surface area contributed by atoms with Crippen LogP contribution in [0.25, 0.3) is 32.9 Å². The van der Waals surface area contributed by atoms with Gasteiger partial charge < -0.3 is 49.9 Å². The van der Waals surface area contributed by atoms with Gasteiger partial charge in [0.1, 0.15) is 11.7 Å². The number of fused-ring (bicyclic) bond motifs is 2. The molecule has 3 aromatic carbocycles. The SMILES string of the molecule is COc1cc2nc(SCc3ccc(C)cc3)[n+](C3CN(C(=O)c4cc5ccc(-c6ccc[nH+]c6)cc5[nH]4)C3)c(N)c2cc1OC.[Cl-].[Cl-]. The Bertz CT molecular complexity index is 2050. The second-order valence-corrected chi connectivity index (χ2v) is 12.2. The van der Waals surface area contributed by atoms with Crippen LogP contribution in [-0.2, 0) is 5.75 Å². The maximum Gasteiger partial charge on any atom is 0.299 e. The summed E-state index contributed by atoms with van der Waals surface area (Å²) in [4.78, 5) is 27.0. The number of carbonyl (C=O) groups excluding carboxylic acids is 1. The summed E-state index contributed by atoms with van der Waals surface area (Å²) in [7, 11) is 3.21. The Balaban J connectivity index is 0.00000217. The number of aromatic amines is 2. The second kappa shape index (κ2) is 14.1. The van der Waals surface area contributed by atoms with Crippen LogP contribution >= 0.6 is 11.8 Å². The Morgan fingerprint density at radius 3 is 2.47 bits per heavy atom. The first-order valence-electron chi connectivity index (χ1n) is 14.8. The van der Waals surface area contributed by atoms with Gasteiger partial charge in [0.25, 0.3) is 11.1 Å². The zero-order valence-electron chi connectivity index (χ0n) is 26.1. The largest absolute Gasteiger partial charge is 1.00 e. The van der Waals surface area contributed by atoms with Crippen LogP contribution in [0.15, 0.2) is 90.3 Å². The Morgan fingerprint density at radius 2 is 1.77 bits per heavy atom. The van der Waals surface area contributed by atoms with Gasteiger partial charge in [0.15, 0.2) is 29.4 Å². The summed E-state index contributed by atoms with van der Waals surface area (Å²) in [6, 6.07) is 24.3. The minimum Gasteiger partial charge on any atom is -1.00 e. The van der Waals surface area contributed by atoms with E-state index in [4.69, 9.17) is 20.2 Å². The third kappa shape index (κ3) is 6.54. The molecule has 242 valence electrons. The topological polar surface area (TPSA) is 111 Å². The molecule has 3 aromatic heterocycles. The van der Waals surface area contributed by atoms with Crippen LogP contribution in [0.1, 0.15) is 27.7 Å². The molecule has 1 aliphatic rings. The van der Waals surface area contributed by atoms with Crippen molar-refractivity contribution in [3.8, 4) is 22.6 Å². The van der Waals surface area contributed by atoms with Gasteiger partial charge in [-0.15, -0.1) is 0 Å². The highest BCUT2D eigenvalue weighted by Gasteiger charge is 2.39. The first-order valence-corrected chi connectivity index (χ1v) is 15.7. The van der Waals surface area contributed by atoms with E-state index in [0.29, 0.717) is 36.1 Å². The maximum absolute atomic E-state index is 13.6. The molecule has 0 bridgehead atoms. The number of aryl methyl sites for hydroxylation is 1. The fourth-order valence-electron chi connectivity index (χ4n) is 5.79. The molecule has 0 atom stereocenters. The highest BCUT2D eigenvalue weighted by molar-refractivity contribution is 7.98. The van der Waals surface area contributed by atoms with Crippen molar-refractivity contribution in [2.24, 2.45) is 0 Å². The number of nitrogens with zero attached hydrogens (tertiary/aromatic N) is 3. The predicted octanol–water partition coefficient (Wildman–Crippen LogP) is -0.610. The lowest BCUT2D eigenvalue weighted by molar-refractivity contribution is -0.755. The minimum atomic E-state index is -0.0368. The number of H-pyrrole nitrogens is 2. The molecule has 12 heteroatoms. The predicted molar refractivity (Wildman–Crippen MR) is 175 cm³/mol. The van der Waals surface area contributed by atoms with Gasteiger partial charge in [-0.05, 0) is 48.0 Å². The van der Waals surface area contributed by atoms with E-state index in [1.165, 1.54) is 11.1 Å². The van der Waals surface area contributed by atoms with Crippen molar-refractivity contribution in [1.82, 2.24) is 14.9 Å². The van der Waals surface area contributed by atoms with Crippen LogP contribution in [-0.4, -0.2) is 48.1 Å². The van der Waals surface area contributed by atoms with Crippen molar-refractivity contribution < 1.29 is 48.6 Å². The third-order valence-electron chi connectivity index (χ3n) is 8.36. The summed E-state index contributed by atoms with van der Waals surface area (Å²) in [6.07, 6.45) is 3.84. The normalized spacial score (nSPS) is 12.7. The highest BCUT2D eigenvalue weighted by Crippen LogP contribution is 2.36. The number of methoxy groups -OCH3 is 2. The Morgan fingerprint density at radius 1 is 1.02 bits per heavy atom. The molecule has 1 fully saturated rings. The average Bonchev–Trinajstić information content (AvgIpc) is 3.48. The molecule has 47 heavy (non-hydrogen) atoms. The number of nitrogens with one attached hydrogen (secondary N) is 2. The number of benzene rings is 3. The monoisotopic (exact) mass is 688 g/mol. The van der Waals surface area contributed by atoms with E-state index < -0.39 is 0 Å². The number of nitrogen functional groups attached to an aromatic ring is 1. The lowest BCUT2D eigenvalue weighted by Crippen LogP contribution is -3.00. The van der Waals surface area contributed by atoms with Crippen LogP contribution in [0.5, 0.6) is 11.5 Å². The molecule has 4 N–H and O–H groups in total. The molecule has 6 aromatic rings. The number of aromatic nitrogens is 4. The lowest BCUT2D eigenvalue weighted by Gasteiger charge is -2.38. The number of hydrogen-bond donors (Lipinski definition) is 2. The fraction of sp³-hybridized carbons (Fsp3) is 0.200. The molecular weight excluding hydrogens is 655 g/mol. The fourth-order valence-corrected chi connectivity index (χ4v) is 6.83. The van der Waals surface area contributed by atoms with Crippen LogP contribution in [0.2, 0.25) is 0 Å². The molecule has 1 aliphatic heterocycles. The smallest absolute Gasteiger partial charge is 0.299 e. The van der Waals surface area contributed by atoms with Gasteiger partial charge in [0.05, 0.1) is 32.7 Å². The second-order valence-electron chi connectivity index (χ2n) is 11.3. The van der Waals surface area contributed by atoms with Crippen LogP contribution < -0.4 is 49.6 Å². The Kier molecular flexibility index (Phi) is 10.1. The number of ether oxygens (including phenoxy) is 2. The number of carbonyl (C=O) groups is 1. The number of pyridine rings is 1. The molecule has 0 unspecified atom stereocenters.